The highest BCUT2D eigenvalue weighted by Gasteiger charge is 2.12. The molecule has 3 rings (SSSR count). The van der Waals surface area contributed by atoms with E-state index in [1.54, 1.807) is 6.21 Å². The van der Waals surface area contributed by atoms with E-state index in [0.29, 0.717) is 24.7 Å². The standard InChI is InChI=1S/C18H17BrN4O2/c1-2-24-17-9-15(10-22-23-12-20-21-13-23)8-16(19)18(17)25-11-14-6-4-3-5-7-14/h3-10,12-13H,2,11H2,1H3. The van der Waals surface area contributed by atoms with Gasteiger partial charge in [-0.15, -0.1) is 10.2 Å². The Labute approximate surface area is 154 Å². The van der Waals surface area contributed by atoms with Crippen molar-refractivity contribution in [1.82, 2.24) is 14.9 Å². The molecule has 2 aromatic carbocycles. The maximum Gasteiger partial charge on any atom is 0.175 e. The molecular weight excluding hydrogens is 384 g/mol. The van der Waals surface area contributed by atoms with Gasteiger partial charge in [0.1, 0.15) is 19.3 Å². The summed E-state index contributed by atoms with van der Waals surface area (Å²) in [6.07, 6.45) is 4.75. The molecule has 1 aromatic heterocycles. The maximum atomic E-state index is 5.97. The Hall–Kier alpha value is -2.67. The van der Waals surface area contributed by atoms with E-state index in [1.807, 2.05) is 49.4 Å². The molecule has 25 heavy (non-hydrogen) atoms. The van der Waals surface area contributed by atoms with Crippen LogP contribution in [0.5, 0.6) is 11.5 Å². The van der Waals surface area contributed by atoms with Gasteiger partial charge in [0.15, 0.2) is 11.5 Å². The minimum absolute atomic E-state index is 0.466. The zero-order valence-corrected chi connectivity index (χ0v) is 15.3. The topological polar surface area (TPSA) is 61.5 Å². The van der Waals surface area contributed by atoms with Gasteiger partial charge in [-0.3, -0.25) is 0 Å². The Bertz CT molecular complexity index is 836. The summed E-state index contributed by atoms with van der Waals surface area (Å²) < 4.78 is 14.0. The average Bonchev–Trinajstić information content (AvgIpc) is 3.14. The molecule has 0 aliphatic carbocycles. The average molecular weight is 401 g/mol. The second kappa shape index (κ2) is 8.43. The Kier molecular flexibility index (Phi) is 5.79. The van der Waals surface area contributed by atoms with Crippen molar-refractivity contribution in [1.29, 1.82) is 0 Å². The van der Waals surface area contributed by atoms with Crippen molar-refractivity contribution in [2.75, 3.05) is 6.61 Å². The molecule has 0 saturated heterocycles. The maximum absolute atomic E-state index is 5.97. The summed E-state index contributed by atoms with van der Waals surface area (Å²) in [7, 11) is 0. The number of benzene rings is 2. The van der Waals surface area contributed by atoms with E-state index in [9.17, 15) is 0 Å². The van der Waals surface area contributed by atoms with E-state index >= 15 is 0 Å². The molecule has 0 N–H and O–H groups in total. The van der Waals surface area contributed by atoms with Crippen molar-refractivity contribution >= 4 is 22.1 Å². The SMILES string of the molecule is CCOc1cc(C=Nn2cnnc2)cc(Br)c1OCc1ccccc1. The number of halogens is 1. The quantitative estimate of drug-likeness (QED) is 0.564. The lowest BCUT2D eigenvalue weighted by Gasteiger charge is -2.14. The predicted octanol–water partition coefficient (Wildman–Crippen LogP) is 3.90. The van der Waals surface area contributed by atoms with Crippen LogP contribution in [0.4, 0.5) is 0 Å². The first-order chi connectivity index (χ1) is 12.3. The first-order valence-corrected chi connectivity index (χ1v) is 8.57. The van der Waals surface area contributed by atoms with Crippen molar-refractivity contribution in [3.63, 3.8) is 0 Å². The van der Waals surface area contributed by atoms with Gasteiger partial charge in [0.25, 0.3) is 0 Å². The molecule has 0 spiro atoms. The number of hydrogen-bond acceptors (Lipinski definition) is 5. The van der Waals surface area contributed by atoms with Crippen LogP contribution in [0.2, 0.25) is 0 Å². The van der Waals surface area contributed by atoms with Crippen LogP contribution < -0.4 is 9.47 Å². The highest BCUT2D eigenvalue weighted by atomic mass is 79.9. The fraction of sp³-hybridized carbons (Fsp3) is 0.167. The van der Waals surface area contributed by atoms with E-state index in [1.165, 1.54) is 17.3 Å². The lowest BCUT2D eigenvalue weighted by atomic mass is 10.2. The molecule has 0 radical (unpaired) electrons. The molecule has 0 bridgehead atoms. The third-order valence-corrected chi connectivity index (χ3v) is 3.89. The first kappa shape index (κ1) is 17.2. The van der Waals surface area contributed by atoms with Crippen LogP contribution in [0.15, 0.2) is 64.7 Å². The van der Waals surface area contributed by atoms with Crippen LogP contribution in [0.3, 0.4) is 0 Å². The third-order valence-electron chi connectivity index (χ3n) is 3.30. The highest BCUT2D eigenvalue weighted by molar-refractivity contribution is 9.10. The van der Waals surface area contributed by atoms with E-state index in [-0.39, 0.29) is 0 Å². The molecule has 3 aromatic rings. The van der Waals surface area contributed by atoms with Gasteiger partial charge >= 0.3 is 0 Å². The minimum atomic E-state index is 0.466. The number of rotatable bonds is 7. The smallest absolute Gasteiger partial charge is 0.175 e. The summed E-state index contributed by atoms with van der Waals surface area (Å²) in [6.45, 7) is 2.95. The zero-order chi connectivity index (χ0) is 17.5. The molecule has 0 fully saturated rings. The van der Waals surface area contributed by atoms with E-state index < -0.39 is 0 Å². The molecule has 0 aliphatic heterocycles. The molecule has 0 aliphatic rings. The summed E-state index contributed by atoms with van der Waals surface area (Å²) in [4.78, 5) is 0. The van der Waals surface area contributed by atoms with Gasteiger partial charge < -0.3 is 9.47 Å². The summed E-state index contributed by atoms with van der Waals surface area (Å²) >= 11 is 3.56. The normalized spacial score (nSPS) is 11.0. The van der Waals surface area contributed by atoms with Crippen LogP contribution in [0.1, 0.15) is 18.1 Å². The second-order valence-corrected chi connectivity index (χ2v) is 5.98. The van der Waals surface area contributed by atoms with Crippen LogP contribution in [-0.2, 0) is 6.61 Å². The summed E-state index contributed by atoms with van der Waals surface area (Å²) in [5, 5.41) is 11.7. The number of hydrogen-bond donors (Lipinski definition) is 0. The largest absolute Gasteiger partial charge is 0.490 e. The van der Waals surface area contributed by atoms with Gasteiger partial charge in [0, 0.05) is 0 Å². The van der Waals surface area contributed by atoms with Crippen molar-refractivity contribution < 1.29 is 9.47 Å². The van der Waals surface area contributed by atoms with Crippen molar-refractivity contribution in [3.05, 3.63) is 70.7 Å². The van der Waals surface area contributed by atoms with Gasteiger partial charge in [-0.1, -0.05) is 30.3 Å². The van der Waals surface area contributed by atoms with Gasteiger partial charge in [-0.2, -0.15) is 5.10 Å². The fourth-order valence-electron chi connectivity index (χ4n) is 2.18. The molecule has 0 atom stereocenters. The summed E-state index contributed by atoms with van der Waals surface area (Å²) in [6, 6.07) is 13.8. The molecule has 0 unspecified atom stereocenters. The van der Waals surface area contributed by atoms with Crippen LogP contribution in [-0.4, -0.2) is 27.7 Å². The number of aromatic nitrogens is 3. The molecule has 1 heterocycles. The Balaban J connectivity index is 1.82. The van der Waals surface area contributed by atoms with E-state index in [4.69, 9.17) is 9.47 Å². The zero-order valence-electron chi connectivity index (χ0n) is 13.7. The van der Waals surface area contributed by atoms with Crippen LogP contribution >= 0.6 is 15.9 Å². The fourth-order valence-corrected chi connectivity index (χ4v) is 2.76. The van der Waals surface area contributed by atoms with E-state index in [2.05, 4.69) is 31.2 Å². The monoisotopic (exact) mass is 400 g/mol. The summed E-state index contributed by atoms with van der Waals surface area (Å²) in [5.41, 5.74) is 1.96. The van der Waals surface area contributed by atoms with Gasteiger partial charge in [0.05, 0.1) is 17.3 Å². The molecule has 0 saturated carbocycles. The van der Waals surface area contributed by atoms with Crippen molar-refractivity contribution in [2.24, 2.45) is 5.10 Å². The highest BCUT2D eigenvalue weighted by Crippen LogP contribution is 2.37. The molecule has 128 valence electrons. The lowest BCUT2D eigenvalue weighted by Crippen LogP contribution is -2.01. The predicted molar refractivity (Wildman–Crippen MR) is 99.1 cm³/mol. The Morgan fingerprint density at radius 2 is 1.88 bits per heavy atom. The Morgan fingerprint density at radius 1 is 1.12 bits per heavy atom. The molecule has 7 heteroatoms. The lowest BCUT2D eigenvalue weighted by molar-refractivity contribution is 0.267. The van der Waals surface area contributed by atoms with Crippen molar-refractivity contribution in [3.8, 4) is 11.5 Å². The summed E-state index contributed by atoms with van der Waals surface area (Å²) in [5.74, 6) is 1.34. The third kappa shape index (κ3) is 4.67. The van der Waals surface area contributed by atoms with Gasteiger partial charge in [-0.05, 0) is 46.1 Å². The van der Waals surface area contributed by atoms with E-state index in [0.717, 1.165) is 15.6 Å². The Morgan fingerprint density at radius 3 is 2.60 bits per heavy atom. The molecule has 0 amide bonds. The second-order valence-electron chi connectivity index (χ2n) is 5.12. The van der Waals surface area contributed by atoms with Crippen LogP contribution in [0, 0.1) is 0 Å². The first-order valence-electron chi connectivity index (χ1n) is 7.78. The van der Waals surface area contributed by atoms with Crippen LogP contribution in [0.25, 0.3) is 0 Å². The van der Waals surface area contributed by atoms with Crippen molar-refractivity contribution in [2.45, 2.75) is 13.5 Å². The number of nitrogens with zero attached hydrogens (tertiary/aromatic N) is 4. The number of ether oxygens (including phenoxy) is 2. The van der Waals surface area contributed by atoms with Gasteiger partial charge in [0.2, 0.25) is 0 Å². The molecular formula is C18H17BrN4O2. The minimum Gasteiger partial charge on any atom is -0.490 e. The van der Waals surface area contributed by atoms with Gasteiger partial charge in [-0.25, -0.2) is 4.68 Å². The molecule has 6 nitrogen and oxygen atoms in total.